The van der Waals surface area contributed by atoms with E-state index in [4.69, 9.17) is 11.6 Å². The van der Waals surface area contributed by atoms with Crippen molar-refractivity contribution in [1.82, 2.24) is 9.97 Å². The molecule has 2 N–H and O–H groups in total. The van der Waals surface area contributed by atoms with Gasteiger partial charge in [0.2, 0.25) is 0 Å². The Kier molecular flexibility index (Phi) is 6.49. The minimum atomic E-state index is -0.494. The van der Waals surface area contributed by atoms with Gasteiger partial charge in [0.15, 0.2) is 10.9 Å². The van der Waals surface area contributed by atoms with E-state index < -0.39 is 6.03 Å². The average Bonchev–Trinajstić information content (AvgIpc) is 2.92. The maximum Gasteiger partial charge on any atom is 0.325 e. The SMILES string of the molecule is CCCCCC(=O)c1ccncc1NC(=O)Nc1ncc(Cl)s1. The van der Waals surface area contributed by atoms with E-state index in [2.05, 4.69) is 27.5 Å². The van der Waals surface area contributed by atoms with Crippen LogP contribution in [0.3, 0.4) is 0 Å². The lowest BCUT2D eigenvalue weighted by Gasteiger charge is -2.09. The average molecular weight is 353 g/mol. The summed E-state index contributed by atoms with van der Waals surface area (Å²) in [5.41, 5.74) is 0.845. The Bertz CT molecular complexity index is 690. The van der Waals surface area contributed by atoms with Gasteiger partial charge >= 0.3 is 6.03 Å². The molecule has 23 heavy (non-hydrogen) atoms. The van der Waals surface area contributed by atoms with Crippen LogP contribution in [0.1, 0.15) is 43.0 Å². The first kappa shape index (κ1) is 17.4. The van der Waals surface area contributed by atoms with Crippen LogP contribution in [0, 0.1) is 0 Å². The molecular weight excluding hydrogens is 336 g/mol. The molecular formula is C15H17ClN4O2S. The van der Waals surface area contributed by atoms with E-state index >= 15 is 0 Å². The molecule has 2 rings (SSSR count). The Balaban J connectivity index is 2.01. The largest absolute Gasteiger partial charge is 0.325 e. The number of hydrogen-bond acceptors (Lipinski definition) is 5. The molecule has 0 atom stereocenters. The van der Waals surface area contributed by atoms with Crippen molar-refractivity contribution in [2.24, 2.45) is 0 Å². The second-order valence-corrected chi connectivity index (χ2v) is 6.51. The molecule has 122 valence electrons. The maximum absolute atomic E-state index is 12.3. The Morgan fingerprint density at radius 1 is 1.26 bits per heavy atom. The molecule has 2 amide bonds. The number of carbonyl (C=O) groups excluding carboxylic acids is 2. The minimum absolute atomic E-state index is 0.00607. The number of unbranched alkanes of at least 4 members (excludes halogenated alkanes) is 2. The molecule has 6 nitrogen and oxygen atoms in total. The van der Waals surface area contributed by atoms with Crippen molar-refractivity contribution >= 4 is 45.6 Å². The Morgan fingerprint density at radius 3 is 2.78 bits per heavy atom. The third-order valence-electron chi connectivity index (χ3n) is 3.08. The highest BCUT2D eigenvalue weighted by Gasteiger charge is 2.14. The van der Waals surface area contributed by atoms with Crippen LogP contribution in [0.25, 0.3) is 0 Å². The molecule has 0 radical (unpaired) electrons. The number of amides is 2. The molecule has 2 aromatic rings. The number of nitrogens with one attached hydrogen (secondary N) is 2. The number of Topliss-reactive ketones (excluding diaryl/α,β-unsaturated/α-hetero) is 1. The fraction of sp³-hybridized carbons (Fsp3) is 0.333. The van der Waals surface area contributed by atoms with Crippen LogP contribution in [-0.4, -0.2) is 21.8 Å². The van der Waals surface area contributed by atoms with Crippen LogP contribution in [0.4, 0.5) is 15.6 Å². The second-order valence-electron chi connectivity index (χ2n) is 4.85. The van der Waals surface area contributed by atoms with E-state index in [9.17, 15) is 9.59 Å². The molecule has 2 aromatic heterocycles. The van der Waals surface area contributed by atoms with Crippen LogP contribution in [0.5, 0.6) is 0 Å². The lowest BCUT2D eigenvalue weighted by molar-refractivity contribution is 0.0980. The third-order valence-corrected chi connectivity index (χ3v) is 4.11. The number of rotatable bonds is 7. The van der Waals surface area contributed by atoms with E-state index in [1.165, 1.54) is 18.6 Å². The van der Waals surface area contributed by atoms with Gasteiger partial charge in [-0.25, -0.2) is 9.78 Å². The van der Waals surface area contributed by atoms with Crippen LogP contribution < -0.4 is 10.6 Å². The molecule has 0 saturated heterocycles. The maximum atomic E-state index is 12.3. The van der Waals surface area contributed by atoms with Crippen LogP contribution in [0.15, 0.2) is 24.7 Å². The zero-order chi connectivity index (χ0) is 16.7. The number of ketones is 1. The number of aromatic nitrogens is 2. The molecule has 8 heteroatoms. The van der Waals surface area contributed by atoms with Gasteiger partial charge in [0.05, 0.1) is 18.1 Å². The topological polar surface area (TPSA) is 84.0 Å². The summed E-state index contributed by atoms with van der Waals surface area (Å²) in [5, 5.41) is 5.57. The lowest BCUT2D eigenvalue weighted by atomic mass is 10.0. The van der Waals surface area contributed by atoms with Crippen LogP contribution in [0.2, 0.25) is 4.34 Å². The minimum Gasteiger partial charge on any atom is -0.305 e. The highest BCUT2D eigenvalue weighted by atomic mass is 35.5. The normalized spacial score (nSPS) is 10.3. The summed E-state index contributed by atoms with van der Waals surface area (Å²) in [6.45, 7) is 2.08. The first-order chi connectivity index (χ1) is 11.1. The number of anilines is 2. The zero-order valence-corrected chi connectivity index (χ0v) is 14.2. The molecule has 0 bridgehead atoms. The summed E-state index contributed by atoms with van der Waals surface area (Å²) >= 11 is 6.91. The molecule has 0 unspecified atom stereocenters. The number of pyridine rings is 1. The van der Waals surface area contributed by atoms with Crippen LogP contribution in [-0.2, 0) is 0 Å². The van der Waals surface area contributed by atoms with Crippen molar-refractivity contribution in [3.05, 3.63) is 34.6 Å². The summed E-state index contributed by atoms with van der Waals surface area (Å²) < 4.78 is 0.480. The van der Waals surface area contributed by atoms with Gasteiger partial charge in [0.1, 0.15) is 4.34 Å². The third kappa shape index (κ3) is 5.30. The highest BCUT2D eigenvalue weighted by molar-refractivity contribution is 7.19. The number of urea groups is 1. The quantitative estimate of drug-likeness (QED) is 0.563. The summed E-state index contributed by atoms with van der Waals surface area (Å²) in [4.78, 5) is 32.1. The van der Waals surface area contributed by atoms with Gasteiger partial charge in [-0.2, -0.15) is 0 Å². The van der Waals surface area contributed by atoms with Crippen molar-refractivity contribution in [2.75, 3.05) is 10.6 Å². The van der Waals surface area contributed by atoms with Gasteiger partial charge in [-0.15, -0.1) is 0 Å². The Hall–Kier alpha value is -1.99. The fourth-order valence-electron chi connectivity index (χ4n) is 1.97. The number of thiazole rings is 1. The van der Waals surface area contributed by atoms with Crippen molar-refractivity contribution in [2.45, 2.75) is 32.6 Å². The highest BCUT2D eigenvalue weighted by Crippen LogP contribution is 2.23. The van der Waals surface area contributed by atoms with Crippen molar-refractivity contribution < 1.29 is 9.59 Å². The summed E-state index contributed by atoms with van der Waals surface area (Å²) in [6.07, 6.45) is 7.79. The molecule has 0 aliphatic rings. The van der Waals surface area contributed by atoms with Crippen molar-refractivity contribution in [1.29, 1.82) is 0 Å². The molecule has 0 aromatic carbocycles. The van der Waals surface area contributed by atoms with Crippen molar-refractivity contribution in [3.8, 4) is 0 Å². The standard InChI is InChI=1S/C15H17ClN4O2S/c1-2-3-4-5-12(21)10-6-7-17-8-11(10)19-14(22)20-15-18-9-13(16)23-15/h6-9H,2-5H2,1H3,(H2,18,19,20,22). The first-order valence-corrected chi connectivity index (χ1v) is 8.46. The van der Waals surface area contributed by atoms with E-state index in [1.807, 2.05) is 0 Å². The van der Waals surface area contributed by atoms with Crippen molar-refractivity contribution in [3.63, 3.8) is 0 Å². The second kappa shape index (κ2) is 8.59. The molecule has 0 aliphatic carbocycles. The van der Waals surface area contributed by atoms with Crippen LogP contribution >= 0.6 is 22.9 Å². The summed E-state index contributed by atoms with van der Waals surface area (Å²) in [7, 11) is 0. The molecule has 0 aliphatic heterocycles. The number of halogens is 1. The van der Waals surface area contributed by atoms with Gasteiger partial charge in [-0.05, 0) is 12.5 Å². The molecule has 0 fully saturated rings. The molecule has 0 spiro atoms. The van der Waals surface area contributed by atoms with Gasteiger partial charge in [-0.1, -0.05) is 42.7 Å². The number of hydrogen-bond donors (Lipinski definition) is 2. The lowest BCUT2D eigenvalue weighted by Crippen LogP contribution is -2.21. The Morgan fingerprint density at radius 2 is 2.09 bits per heavy atom. The van der Waals surface area contributed by atoms with Gasteiger partial charge < -0.3 is 5.32 Å². The smallest absolute Gasteiger partial charge is 0.305 e. The van der Waals surface area contributed by atoms with Gasteiger partial charge in [0, 0.05) is 18.2 Å². The molecule has 2 heterocycles. The number of nitrogens with zero attached hydrogens (tertiary/aromatic N) is 2. The van der Waals surface area contributed by atoms with Gasteiger partial charge in [0.25, 0.3) is 0 Å². The fourth-order valence-corrected chi connectivity index (χ4v) is 2.78. The predicted octanol–water partition coefficient (Wildman–Crippen LogP) is 4.60. The predicted molar refractivity (Wildman–Crippen MR) is 92.5 cm³/mol. The number of carbonyl (C=O) groups is 2. The molecule has 0 saturated carbocycles. The monoisotopic (exact) mass is 352 g/mol. The summed E-state index contributed by atoms with van der Waals surface area (Å²) in [5.74, 6) is -0.00607. The zero-order valence-electron chi connectivity index (χ0n) is 12.6. The van der Waals surface area contributed by atoms with E-state index in [0.29, 0.717) is 27.1 Å². The van der Waals surface area contributed by atoms with Gasteiger partial charge in [-0.3, -0.25) is 15.1 Å². The summed E-state index contributed by atoms with van der Waals surface area (Å²) in [6, 6.07) is 1.12. The van der Waals surface area contributed by atoms with E-state index in [0.717, 1.165) is 30.6 Å². The van der Waals surface area contributed by atoms with E-state index in [-0.39, 0.29) is 5.78 Å². The Labute approximate surface area is 143 Å². The first-order valence-electron chi connectivity index (χ1n) is 7.26. The van der Waals surface area contributed by atoms with E-state index in [1.54, 1.807) is 6.07 Å².